The molecule has 1 aliphatic heterocycles. The minimum Gasteiger partial charge on any atom is -0.393 e. The molecule has 0 radical (unpaired) electrons. The maximum atomic E-state index is 14.3. The van der Waals surface area contributed by atoms with Gasteiger partial charge in [0.1, 0.15) is 30.1 Å². The Bertz CT molecular complexity index is 874. The molecule has 2 amide bonds. The van der Waals surface area contributed by atoms with Gasteiger partial charge in [-0.1, -0.05) is 12.1 Å². The highest BCUT2D eigenvalue weighted by Crippen LogP contribution is 2.25. The SMILES string of the molecule is O=C(Nc1ccc(CF)cn1)N1CC=C(c2ncc([C@H](O)CO)cc2F)CC1. The van der Waals surface area contributed by atoms with Crippen LogP contribution in [0.2, 0.25) is 0 Å². The first-order valence-corrected chi connectivity index (χ1v) is 8.72. The number of carbonyl (C=O) groups is 1. The Morgan fingerprint density at radius 2 is 2.14 bits per heavy atom. The first-order chi connectivity index (χ1) is 13.5. The number of nitrogens with one attached hydrogen (secondary N) is 1. The van der Waals surface area contributed by atoms with E-state index >= 15 is 0 Å². The molecule has 0 unspecified atom stereocenters. The van der Waals surface area contributed by atoms with Gasteiger partial charge in [0.15, 0.2) is 0 Å². The lowest BCUT2D eigenvalue weighted by Gasteiger charge is -2.26. The number of pyridine rings is 2. The van der Waals surface area contributed by atoms with Crippen LogP contribution in [0.4, 0.5) is 19.4 Å². The molecule has 0 fully saturated rings. The Labute approximate surface area is 160 Å². The number of anilines is 1. The van der Waals surface area contributed by atoms with Gasteiger partial charge in [0.2, 0.25) is 0 Å². The second kappa shape index (κ2) is 8.85. The molecule has 9 heteroatoms. The number of aromatic nitrogens is 2. The zero-order valence-electron chi connectivity index (χ0n) is 15.0. The van der Waals surface area contributed by atoms with Crippen molar-refractivity contribution in [1.82, 2.24) is 14.9 Å². The molecule has 3 N–H and O–H groups in total. The number of hydrogen-bond donors (Lipinski definition) is 3. The van der Waals surface area contributed by atoms with Crippen LogP contribution < -0.4 is 5.32 Å². The molecule has 1 aliphatic rings. The van der Waals surface area contributed by atoms with Gasteiger partial charge >= 0.3 is 6.03 Å². The summed E-state index contributed by atoms with van der Waals surface area (Å²) in [6.07, 6.45) is 3.63. The average molecular weight is 390 g/mol. The molecule has 0 aliphatic carbocycles. The van der Waals surface area contributed by atoms with Gasteiger partial charge in [-0.15, -0.1) is 0 Å². The minimum absolute atomic E-state index is 0.164. The van der Waals surface area contributed by atoms with Crippen LogP contribution in [0.1, 0.15) is 29.3 Å². The fraction of sp³-hybridized carbons (Fsp3) is 0.316. The molecule has 0 spiro atoms. The van der Waals surface area contributed by atoms with E-state index in [1.807, 2.05) is 0 Å². The maximum Gasteiger partial charge on any atom is 0.323 e. The molecule has 28 heavy (non-hydrogen) atoms. The van der Waals surface area contributed by atoms with Gasteiger partial charge in [0.25, 0.3) is 0 Å². The van der Waals surface area contributed by atoms with Gasteiger partial charge in [-0.25, -0.2) is 18.6 Å². The van der Waals surface area contributed by atoms with Crippen molar-refractivity contribution in [3.63, 3.8) is 0 Å². The van der Waals surface area contributed by atoms with E-state index in [1.165, 1.54) is 23.4 Å². The summed E-state index contributed by atoms with van der Waals surface area (Å²) in [5.41, 5.74) is 1.46. The maximum absolute atomic E-state index is 14.3. The predicted octanol–water partition coefficient (Wildman–Crippen LogP) is 2.43. The Kier molecular flexibility index (Phi) is 6.27. The van der Waals surface area contributed by atoms with Crippen LogP contribution in [-0.2, 0) is 6.67 Å². The van der Waals surface area contributed by atoms with Crippen LogP contribution in [0.5, 0.6) is 0 Å². The highest BCUT2D eigenvalue weighted by Gasteiger charge is 2.21. The third kappa shape index (κ3) is 4.49. The van der Waals surface area contributed by atoms with Gasteiger partial charge < -0.3 is 15.1 Å². The molecule has 0 saturated heterocycles. The largest absolute Gasteiger partial charge is 0.393 e. The Hall–Kier alpha value is -2.91. The monoisotopic (exact) mass is 390 g/mol. The third-order valence-electron chi connectivity index (χ3n) is 4.43. The van der Waals surface area contributed by atoms with E-state index in [0.717, 1.165) is 6.07 Å². The highest BCUT2D eigenvalue weighted by atomic mass is 19.1. The van der Waals surface area contributed by atoms with Crippen LogP contribution >= 0.6 is 0 Å². The van der Waals surface area contributed by atoms with Gasteiger partial charge in [-0.05, 0) is 24.1 Å². The zero-order chi connectivity index (χ0) is 20.1. The summed E-state index contributed by atoms with van der Waals surface area (Å²) in [6.45, 7) is -0.502. The standard InChI is InChI=1S/C19H20F2N4O3/c20-8-12-1-2-17(22-9-12)24-19(28)25-5-3-13(4-6-25)18-15(21)7-14(10-23-18)16(27)11-26/h1-3,7,9-10,16,26-27H,4-6,8,11H2,(H,22,24,28)/t16-/m1/s1. The summed E-state index contributed by atoms with van der Waals surface area (Å²) in [7, 11) is 0. The lowest BCUT2D eigenvalue weighted by atomic mass is 10.0. The summed E-state index contributed by atoms with van der Waals surface area (Å²) in [4.78, 5) is 21.9. The molecule has 0 saturated carbocycles. The number of aliphatic hydroxyl groups is 2. The van der Waals surface area contributed by atoms with Crippen molar-refractivity contribution >= 4 is 17.4 Å². The molecule has 7 nitrogen and oxygen atoms in total. The summed E-state index contributed by atoms with van der Waals surface area (Å²) < 4.78 is 26.8. The first kappa shape index (κ1) is 19.8. The van der Waals surface area contributed by atoms with Gasteiger partial charge in [-0.3, -0.25) is 10.3 Å². The number of carbonyl (C=O) groups excluding carboxylic acids is 1. The van der Waals surface area contributed by atoms with E-state index in [9.17, 15) is 18.7 Å². The van der Waals surface area contributed by atoms with Crippen molar-refractivity contribution in [2.75, 3.05) is 25.0 Å². The molecule has 148 valence electrons. The van der Waals surface area contributed by atoms with E-state index in [1.54, 1.807) is 12.1 Å². The fourth-order valence-corrected chi connectivity index (χ4v) is 2.81. The summed E-state index contributed by atoms with van der Waals surface area (Å²) in [6, 6.07) is 3.86. The molecule has 3 rings (SSSR count). The van der Waals surface area contributed by atoms with Crippen molar-refractivity contribution in [1.29, 1.82) is 0 Å². The van der Waals surface area contributed by atoms with Crippen LogP contribution in [0.25, 0.3) is 5.57 Å². The van der Waals surface area contributed by atoms with Crippen LogP contribution in [0.15, 0.2) is 36.7 Å². The number of halogens is 2. The number of hydrogen-bond acceptors (Lipinski definition) is 5. The molecule has 1 atom stereocenters. The van der Waals surface area contributed by atoms with E-state index in [0.29, 0.717) is 29.9 Å². The average Bonchev–Trinajstić information content (AvgIpc) is 2.73. The summed E-state index contributed by atoms with van der Waals surface area (Å²) >= 11 is 0. The van der Waals surface area contributed by atoms with Crippen molar-refractivity contribution in [2.24, 2.45) is 0 Å². The lowest BCUT2D eigenvalue weighted by molar-refractivity contribution is 0.0950. The molecule has 2 aromatic heterocycles. The van der Waals surface area contributed by atoms with Crippen molar-refractivity contribution < 1.29 is 23.8 Å². The molecular formula is C19H20F2N4O3. The number of urea groups is 1. The summed E-state index contributed by atoms with van der Waals surface area (Å²) in [5, 5.41) is 21.1. The van der Waals surface area contributed by atoms with E-state index in [4.69, 9.17) is 5.11 Å². The minimum atomic E-state index is -1.18. The van der Waals surface area contributed by atoms with Gasteiger partial charge in [0.05, 0.1) is 6.61 Å². The van der Waals surface area contributed by atoms with E-state index in [-0.39, 0.29) is 23.8 Å². The molecular weight excluding hydrogens is 370 g/mol. The van der Waals surface area contributed by atoms with Crippen molar-refractivity contribution in [2.45, 2.75) is 19.2 Å². The number of amides is 2. The zero-order valence-corrected chi connectivity index (χ0v) is 15.0. The van der Waals surface area contributed by atoms with Crippen molar-refractivity contribution in [3.8, 4) is 0 Å². The molecule has 3 heterocycles. The smallest absolute Gasteiger partial charge is 0.323 e. The Morgan fingerprint density at radius 1 is 1.32 bits per heavy atom. The number of nitrogens with zero attached hydrogens (tertiary/aromatic N) is 3. The van der Waals surface area contributed by atoms with Crippen molar-refractivity contribution in [3.05, 3.63) is 59.3 Å². The Balaban J connectivity index is 1.64. The lowest BCUT2D eigenvalue weighted by Crippen LogP contribution is -2.38. The highest BCUT2D eigenvalue weighted by molar-refractivity contribution is 5.89. The Morgan fingerprint density at radius 3 is 2.71 bits per heavy atom. The fourth-order valence-electron chi connectivity index (χ4n) is 2.81. The second-order valence-corrected chi connectivity index (χ2v) is 6.34. The quantitative estimate of drug-likeness (QED) is 0.728. The number of aliphatic hydroxyl groups excluding tert-OH is 2. The topological polar surface area (TPSA) is 98.6 Å². The molecule has 2 aromatic rings. The molecule has 0 bridgehead atoms. The first-order valence-electron chi connectivity index (χ1n) is 8.72. The van der Waals surface area contributed by atoms with Gasteiger partial charge in [-0.2, -0.15) is 0 Å². The number of rotatable bonds is 5. The second-order valence-electron chi connectivity index (χ2n) is 6.34. The summed E-state index contributed by atoms with van der Waals surface area (Å²) in [5.74, 6) is -0.269. The third-order valence-corrected chi connectivity index (χ3v) is 4.43. The van der Waals surface area contributed by atoms with E-state index < -0.39 is 25.2 Å². The predicted molar refractivity (Wildman–Crippen MR) is 98.5 cm³/mol. The van der Waals surface area contributed by atoms with Crippen LogP contribution in [0.3, 0.4) is 0 Å². The number of alkyl halides is 1. The van der Waals surface area contributed by atoms with E-state index in [2.05, 4.69) is 15.3 Å². The van der Waals surface area contributed by atoms with Gasteiger partial charge in [0, 0.05) is 36.6 Å². The van der Waals surface area contributed by atoms with Crippen LogP contribution in [-0.4, -0.2) is 50.8 Å². The van der Waals surface area contributed by atoms with Crippen LogP contribution in [0, 0.1) is 5.82 Å². The normalized spacial score (nSPS) is 15.1. The molecule has 0 aromatic carbocycles.